The number of sulfonamides is 1. The van der Waals surface area contributed by atoms with E-state index in [0.717, 1.165) is 16.2 Å². The molecular formula is C9H12N2O5S2. The van der Waals surface area contributed by atoms with Gasteiger partial charge in [-0.3, -0.25) is 9.59 Å². The molecule has 7 nitrogen and oxygen atoms in total. The number of carboxylic acids is 1. The molecule has 0 fully saturated rings. The van der Waals surface area contributed by atoms with Crippen LogP contribution in [0.3, 0.4) is 0 Å². The van der Waals surface area contributed by atoms with Gasteiger partial charge < -0.3 is 10.0 Å². The maximum absolute atomic E-state index is 11.7. The summed E-state index contributed by atoms with van der Waals surface area (Å²) in [5.41, 5.74) is 0. The molecule has 1 aromatic heterocycles. The molecule has 100 valence electrons. The molecule has 0 aromatic carbocycles. The molecule has 0 unspecified atom stereocenters. The van der Waals surface area contributed by atoms with E-state index in [1.54, 1.807) is 11.4 Å². The number of carbonyl (C=O) groups is 2. The van der Waals surface area contributed by atoms with E-state index in [2.05, 4.69) is 4.72 Å². The number of aliphatic carboxylic acids is 1. The van der Waals surface area contributed by atoms with Gasteiger partial charge >= 0.3 is 5.97 Å². The van der Waals surface area contributed by atoms with Crippen LogP contribution in [-0.2, 0) is 19.6 Å². The molecule has 0 aliphatic carbocycles. The Bertz CT molecular complexity index is 523. The molecule has 1 heterocycles. The Kier molecular flexibility index (Phi) is 4.82. The van der Waals surface area contributed by atoms with Crippen molar-refractivity contribution >= 4 is 33.2 Å². The molecule has 0 saturated carbocycles. The highest BCUT2D eigenvalue weighted by Crippen LogP contribution is 2.14. The van der Waals surface area contributed by atoms with Crippen LogP contribution in [0.15, 0.2) is 21.7 Å². The number of hydrogen-bond acceptors (Lipinski definition) is 5. The fraction of sp³-hybridized carbons (Fsp3) is 0.333. The maximum Gasteiger partial charge on any atom is 0.323 e. The molecule has 0 aliphatic heterocycles. The highest BCUT2D eigenvalue weighted by Gasteiger charge is 2.18. The van der Waals surface area contributed by atoms with E-state index in [-0.39, 0.29) is 4.21 Å². The maximum atomic E-state index is 11.7. The fourth-order valence-electron chi connectivity index (χ4n) is 1.07. The predicted molar refractivity (Wildman–Crippen MR) is 64.8 cm³/mol. The zero-order valence-electron chi connectivity index (χ0n) is 9.49. The third-order valence-electron chi connectivity index (χ3n) is 1.97. The van der Waals surface area contributed by atoms with Crippen molar-refractivity contribution < 1.29 is 23.1 Å². The summed E-state index contributed by atoms with van der Waals surface area (Å²) in [6.45, 7) is -0.941. The minimum absolute atomic E-state index is 0.108. The van der Waals surface area contributed by atoms with Gasteiger partial charge in [0.05, 0.1) is 6.54 Å². The smallest absolute Gasteiger partial charge is 0.323 e. The highest BCUT2D eigenvalue weighted by atomic mass is 32.2. The number of thiophene rings is 1. The molecule has 9 heteroatoms. The average molecular weight is 292 g/mol. The number of hydrogen-bond donors (Lipinski definition) is 2. The van der Waals surface area contributed by atoms with Gasteiger partial charge in [0.25, 0.3) is 10.0 Å². The number of nitrogens with one attached hydrogen (secondary N) is 1. The summed E-state index contributed by atoms with van der Waals surface area (Å²) in [6, 6.07) is 3.00. The van der Waals surface area contributed by atoms with E-state index in [4.69, 9.17) is 5.11 Å². The van der Waals surface area contributed by atoms with Crippen LogP contribution in [0.2, 0.25) is 0 Å². The number of rotatable bonds is 6. The molecule has 2 N–H and O–H groups in total. The quantitative estimate of drug-likeness (QED) is 0.740. The Balaban J connectivity index is 2.56. The topological polar surface area (TPSA) is 104 Å². The van der Waals surface area contributed by atoms with Gasteiger partial charge in [0.15, 0.2) is 0 Å². The van der Waals surface area contributed by atoms with E-state index in [9.17, 15) is 18.0 Å². The van der Waals surface area contributed by atoms with Gasteiger partial charge in [-0.1, -0.05) is 6.07 Å². The first-order chi connectivity index (χ1) is 8.33. The van der Waals surface area contributed by atoms with Gasteiger partial charge in [0, 0.05) is 7.05 Å². The molecule has 0 bridgehead atoms. The van der Waals surface area contributed by atoms with Crippen molar-refractivity contribution in [3.8, 4) is 0 Å². The lowest BCUT2D eigenvalue weighted by Gasteiger charge is -2.14. The summed E-state index contributed by atoms with van der Waals surface area (Å²) in [7, 11) is -2.41. The van der Waals surface area contributed by atoms with Gasteiger partial charge in [0.2, 0.25) is 5.91 Å². The molecule has 0 spiro atoms. The van der Waals surface area contributed by atoms with Crippen LogP contribution in [0, 0.1) is 0 Å². The summed E-state index contributed by atoms with van der Waals surface area (Å²) in [5.74, 6) is -1.77. The van der Waals surface area contributed by atoms with Crippen LogP contribution in [0.25, 0.3) is 0 Å². The monoisotopic (exact) mass is 292 g/mol. The van der Waals surface area contributed by atoms with Crippen LogP contribution in [0.5, 0.6) is 0 Å². The molecule has 1 amide bonds. The first kappa shape index (κ1) is 14.6. The van der Waals surface area contributed by atoms with E-state index < -0.39 is 35.0 Å². The summed E-state index contributed by atoms with van der Waals surface area (Å²) < 4.78 is 25.5. The lowest BCUT2D eigenvalue weighted by Crippen LogP contribution is -2.40. The minimum atomic E-state index is -3.70. The van der Waals surface area contributed by atoms with E-state index in [1.165, 1.54) is 13.1 Å². The Morgan fingerprint density at radius 3 is 2.67 bits per heavy atom. The predicted octanol–water partition coefficient (Wildman–Crippen LogP) is -0.431. The molecule has 1 rings (SSSR count). The van der Waals surface area contributed by atoms with Gasteiger partial charge in [0.1, 0.15) is 10.8 Å². The van der Waals surface area contributed by atoms with Crippen molar-refractivity contribution in [3.05, 3.63) is 17.5 Å². The summed E-state index contributed by atoms with van der Waals surface area (Å²) in [6.07, 6.45) is 0. The largest absolute Gasteiger partial charge is 0.480 e. The summed E-state index contributed by atoms with van der Waals surface area (Å²) in [5, 5.41) is 10.1. The second kappa shape index (κ2) is 5.94. The Labute approximate surface area is 108 Å². The Morgan fingerprint density at radius 1 is 1.50 bits per heavy atom. The molecular weight excluding hydrogens is 280 g/mol. The van der Waals surface area contributed by atoms with Gasteiger partial charge in [-0.15, -0.1) is 11.3 Å². The number of nitrogens with zero attached hydrogens (tertiary/aromatic N) is 1. The van der Waals surface area contributed by atoms with E-state index >= 15 is 0 Å². The number of carboxylic acid groups (broad SMARTS) is 1. The third-order valence-corrected chi connectivity index (χ3v) is 4.77. The lowest BCUT2D eigenvalue weighted by molar-refractivity contribution is -0.143. The van der Waals surface area contributed by atoms with Crippen molar-refractivity contribution in [2.45, 2.75) is 4.21 Å². The van der Waals surface area contributed by atoms with Crippen LogP contribution in [0.1, 0.15) is 0 Å². The van der Waals surface area contributed by atoms with Crippen LogP contribution >= 0.6 is 11.3 Å². The van der Waals surface area contributed by atoms with Crippen molar-refractivity contribution in [1.29, 1.82) is 0 Å². The molecule has 0 aliphatic rings. The van der Waals surface area contributed by atoms with Crippen molar-refractivity contribution in [2.24, 2.45) is 0 Å². The van der Waals surface area contributed by atoms with Crippen molar-refractivity contribution in [1.82, 2.24) is 9.62 Å². The Hall–Kier alpha value is -1.45. The van der Waals surface area contributed by atoms with Crippen LogP contribution in [-0.4, -0.2) is 50.4 Å². The molecule has 1 aromatic rings. The van der Waals surface area contributed by atoms with Crippen LogP contribution in [0.4, 0.5) is 0 Å². The lowest BCUT2D eigenvalue weighted by atomic mass is 10.5. The fourth-order valence-corrected chi connectivity index (χ4v) is 3.08. The first-order valence-corrected chi connectivity index (χ1v) is 7.18. The van der Waals surface area contributed by atoms with E-state index in [1.807, 2.05) is 0 Å². The van der Waals surface area contributed by atoms with Crippen molar-refractivity contribution in [3.63, 3.8) is 0 Å². The molecule has 0 atom stereocenters. The summed E-state index contributed by atoms with van der Waals surface area (Å²) in [4.78, 5) is 22.7. The second-order valence-corrected chi connectivity index (χ2v) is 6.34. The van der Waals surface area contributed by atoms with Gasteiger partial charge in [-0.05, 0) is 11.4 Å². The third kappa shape index (κ3) is 4.09. The average Bonchev–Trinajstić information content (AvgIpc) is 2.78. The zero-order valence-corrected chi connectivity index (χ0v) is 11.1. The SMILES string of the molecule is CN(CC(=O)O)C(=O)CNS(=O)(=O)c1cccs1. The summed E-state index contributed by atoms with van der Waals surface area (Å²) >= 11 is 1.03. The van der Waals surface area contributed by atoms with Gasteiger partial charge in [-0.25, -0.2) is 13.1 Å². The van der Waals surface area contributed by atoms with E-state index in [0.29, 0.717) is 0 Å². The minimum Gasteiger partial charge on any atom is -0.480 e. The van der Waals surface area contributed by atoms with Crippen LogP contribution < -0.4 is 4.72 Å². The number of carbonyl (C=O) groups excluding carboxylic acids is 1. The number of likely N-dealkylation sites (N-methyl/N-ethyl adjacent to an activating group) is 1. The standard InChI is InChI=1S/C9H12N2O5S2/c1-11(6-8(13)14)7(12)5-10-18(15,16)9-3-2-4-17-9/h2-4,10H,5-6H2,1H3,(H,13,14). The normalized spacial score (nSPS) is 11.2. The molecule has 18 heavy (non-hydrogen) atoms. The second-order valence-electron chi connectivity index (χ2n) is 3.40. The molecule has 0 saturated heterocycles. The highest BCUT2D eigenvalue weighted by molar-refractivity contribution is 7.91. The zero-order chi connectivity index (χ0) is 13.8. The Morgan fingerprint density at radius 2 is 2.17 bits per heavy atom. The first-order valence-electron chi connectivity index (χ1n) is 4.82. The van der Waals surface area contributed by atoms with Gasteiger partial charge in [-0.2, -0.15) is 0 Å². The number of amides is 1. The molecule has 0 radical (unpaired) electrons. The van der Waals surface area contributed by atoms with Crippen molar-refractivity contribution in [2.75, 3.05) is 20.1 Å².